The van der Waals surface area contributed by atoms with Crippen molar-refractivity contribution < 1.29 is 14.6 Å². The first-order valence-corrected chi connectivity index (χ1v) is 4.38. The van der Waals surface area contributed by atoms with Crippen LogP contribution in [0.1, 0.15) is 5.56 Å². The third-order valence-corrected chi connectivity index (χ3v) is 2.13. The molecule has 1 aromatic rings. The van der Waals surface area contributed by atoms with Crippen LogP contribution in [0.2, 0.25) is 0 Å². The highest BCUT2D eigenvalue weighted by Crippen LogP contribution is 2.29. The van der Waals surface area contributed by atoms with Gasteiger partial charge in [0.1, 0.15) is 5.75 Å². The van der Waals surface area contributed by atoms with Gasteiger partial charge in [0, 0.05) is 0 Å². The minimum absolute atomic E-state index is 0.206. The molecule has 0 aliphatic carbocycles. The highest BCUT2D eigenvalue weighted by molar-refractivity contribution is 5.76. The van der Waals surface area contributed by atoms with Crippen molar-refractivity contribution in [3.63, 3.8) is 0 Å². The summed E-state index contributed by atoms with van der Waals surface area (Å²) in [6, 6.07) is 6.81. The number of nitrogens with one attached hydrogen (secondary N) is 1. The van der Waals surface area contributed by atoms with Gasteiger partial charge in [-0.25, -0.2) is 4.79 Å². The van der Waals surface area contributed by atoms with Crippen LogP contribution in [-0.2, 0) is 4.79 Å². The quantitative estimate of drug-likeness (QED) is 0.707. The Morgan fingerprint density at radius 1 is 1.67 bits per heavy atom. The van der Waals surface area contributed by atoms with Crippen LogP contribution < -0.4 is 10.1 Å². The van der Waals surface area contributed by atoms with Gasteiger partial charge < -0.3 is 15.2 Å². The Hall–Kier alpha value is -2.22. The van der Waals surface area contributed by atoms with E-state index in [2.05, 4.69) is 5.32 Å². The summed E-state index contributed by atoms with van der Waals surface area (Å²) in [6.45, 7) is 0.206. The number of fused-ring (bicyclic) bond motifs is 1. The molecule has 2 rings (SSSR count). The average Bonchev–Trinajstić information content (AvgIpc) is 2.27. The maximum Gasteiger partial charge on any atom is 0.346 e. The lowest BCUT2D eigenvalue weighted by molar-refractivity contribution is -0.144. The molecule has 0 fully saturated rings. The standard InChI is InChI=1S/C10H8N2O3/c11-4-6-1-2-8-7(3-6)12-5-9(15-8)10(13)14/h1-3,9,12H,5H2,(H,13,14). The van der Waals surface area contributed by atoms with Gasteiger partial charge in [0.15, 0.2) is 0 Å². The molecule has 1 aromatic carbocycles. The van der Waals surface area contributed by atoms with Gasteiger partial charge in [-0.3, -0.25) is 0 Å². The zero-order valence-electron chi connectivity index (χ0n) is 7.73. The predicted octanol–water partition coefficient (Wildman–Crippen LogP) is 0.816. The van der Waals surface area contributed by atoms with Crippen molar-refractivity contribution in [3.05, 3.63) is 23.8 Å². The number of rotatable bonds is 1. The number of nitrogens with zero attached hydrogens (tertiary/aromatic N) is 1. The molecule has 0 spiro atoms. The number of benzene rings is 1. The number of anilines is 1. The number of nitriles is 1. The topological polar surface area (TPSA) is 82.4 Å². The molecule has 0 saturated heterocycles. The van der Waals surface area contributed by atoms with E-state index in [0.29, 0.717) is 17.0 Å². The number of hydrogen-bond donors (Lipinski definition) is 2. The van der Waals surface area contributed by atoms with E-state index in [4.69, 9.17) is 15.1 Å². The highest BCUT2D eigenvalue weighted by atomic mass is 16.5. The van der Waals surface area contributed by atoms with Crippen molar-refractivity contribution >= 4 is 11.7 Å². The van der Waals surface area contributed by atoms with E-state index in [1.807, 2.05) is 6.07 Å². The third kappa shape index (κ3) is 1.70. The monoisotopic (exact) mass is 204 g/mol. The zero-order chi connectivity index (χ0) is 10.8. The van der Waals surface area contributed by atoms with E-state index in [9.17, 15) is 4.79 Å². The van der Waals surface area contributed by atoms with Crippen molar-refractivity contribution in [1.29, 1.82) is 5.26 Å². The smallest absolute Gasteiger partial charge is 0.346 e. The molecule has 76 valence electrons. The van der Waals surface area contributed by atoms with Crippen LogP contribution in [0.3, 0.4) is 0 Å². The molecule has 0 radical (unpaired) electrons. The molecule has 1 atom stereocenters. The second-order valence-electron chi connectivity index (χ2n) is 3.15. The summed E-state index contributed by atoms with van der Waals surface area (Å²) in [7, 11) is 0. The van der Waals surface area contributed by atoms with Gasteiger partial charge in [-0.2, -0.15) is 5.26 Å². The number of aliphatic carboxylic acids is 1. The minimum Gasteiger partial charge on any atom is -0.478 e. The van der Waals surface area contributed by atoms with E-state index < -0.39 is 12.1 Å². The molecule has 0 amide bonds. The molecular weight excluding hydrogens is 196 g/mol. The van der Waals surface area contributed by atoms with E-state index in [1.54, 1.807) is 18.2 Å². The predicted molar refractivity (Wildman–Crippen MR) is 51.7 cm³/mol. The molecule has 0 bridgehead atoms. The van der Waals surface area contributed by atoms with Crippen LogP contribution in [0.5, 0.6) is 5.75 Å². The van der Waals surface area contributed by atoms with Crippen molar-refractivity contribution in [3.8, 4) is 11.8 Å². The maximum atomic E-state index is 10.7. The largest absolute Gasteiger partial charge is 0.478 e. The van der Waals surface area contributed by atoms with Crippen molar-refractivity contribution in [2.24, 2.45) is 0 Å². The fourth-order valence-electron chi connectivity index (χ4n) is 1.38. The molecular formula is C10H8N2O3. The molecule has 1 unspecified atom stereocenters. The average molecular weight is 204 g/mol. The molecule has 2 N–H and O–H groups in total. The number of carboxylic acid groups (broad SMARTS) is 1. The van der Waals surface area contributed by atoms with Gasteiger partial charge in [-0.15, -0.1) is 0 Å². The Morgan fingerprint density at radius 2 is 2.47 bits per heavy atom. The van der Waals surface area contributed by atoms with Crippen LogP contribution in [0.25, 0.3) is 0 Å². The molecule has 5 heteroatoms. The third-order valence-electron chi connectivity index (χ3n) is 2.13. The normalized spacial score (nSPS) is 17.9. The Kier molecular flexibility index (Phi) is 2.18. The van der Waals surface area contributed by atoms with E-state index >= 15 is 0 Å². The second-order valence-corrected chi connectivity index (χ2v) is 3.15. The molecule has 15 heavy (non-hydrogen) atoms. The van der Waals surface area contributed by atoms with Gasteiger partial charge in [0.05, 0.1) is 23.9 Å². The van der Waals surface area contributed by atoms with Crippen LogP contribution >= 0.6 is 0 Å². The summed E-state index contributed by atoms with van der Waals surface area (Å²) in [4.78, 5) is 10.7. The maximum absolute atomic E-state index is 10.7. The van der Waals surface area contributed by atoms with Crippen LogP contribution in [0, 0.1) is 11.3 Å². The first-order valence-electron chi connectivity index (χ1n) is 4.38. The summed E-state index contributed by atoms with van der Waals surface area (Å²) in [6.07, 6.45) is -0.870. The Balaban J connectivity index is 2.29. The Morgan fingerprint density at radius 3 is 3.13 bits per heavy atom. The van der Waals surface area contributed by atoms with Crippen LogP contribution in [0.4, 0.5) is 5.69 Å². The SMILES string of the molecule is N#Cc1ccc2c(c1)NCC(C(=O)O)O2. The molecule has 1 aliphatic rings. The van der Waals surface area contributed by atoms with Crippen molar-refractivity contribution in [1.82, 2.24) is 0 Å². The van der Waals surface area contributed by atoms with Gasteiger partial charge in [0.25, 0.3) is 0 Å². The number of ether oxygens (including phenoxy) is 1. The number of carbonyl (C=O) groups is 1. The van der Waals surface area contributed by atoms with Gasteiger partial charge in [-0.1, -0.05) is 0 Å². The highest BCUT2D eigenvalue weighted by Gasteiger charge is 2.25. The van der Waals surface area contributed by atoms with E-state index in [0.717, 1.165) is 0 Å². The van der Waals surface area contributed by atoms with Gasteiger partial charge in [-0.05, 0) is 18.2 Å². The molecule has 1 aliphatic heterocycles. The van der Waals surface area contributed by atoms with Gasteiger partial charge in [0.2, 0.25) is 6.10 Å². The molecule has 0 saturated carbocycles. The number of carboxylic acids is 1. The van der Waals surface area contributed by atoms with Crippen LogP contribution in [-0.4, -0.2) is 23.7 Å². The molecule has 5 nitrogen and oxygen atoms in total. The lowest BCUT2D eigenvalue weighted by atomic mass is 10.1. The fraction of sp³-hybridized carbons (Fsp3) is 0.200. The van der Waals surface area contributed by atoms with E-state index in [1.165, 1.54) is 0 Å². The van der Waals surface area contributed by atoms with Crippen LogP contribution in [0.15, 0.2) is 18.2 Å². The van der Waals surface area contributed by atoms with Gasteiger partial charge >= 0.3 is 5.97 Å². The minimum atomic E-state index is -1.00. The lowest BCUT2D eigenvalue weighted by Gasteiger charge is -2.24. The summed E-state index contributed by atoms with van der Waals surface area (Å²) in [5, 5.41) is 20.3. The Bertz CT molecular complexity index is 450. The second kappa shape index (κ2) is 3.50. The first-order chi connectivity index (χ1) is 7.20. The lowest BCUT2D eigenvalue weighted by Crippen LogP contribution is -2.37. The van der Waals surface area contributed by atoms with Crippen molar-refractivity contribution in [2.45, 2.75) is 6.10 Å². The van der Waals surface area contributed by atoms with Crippen molar-refractivity contribution in [2.75, 3.05) is 11.9 Å². The number of hydrogen-bond acceptors (Lipinski definition) is 4. The Labute approximate surface area is 85.9 Å². The molecule has 0 aromatic heterocycles. The zero-order valence-corrected chi connectivity index (χ0v) is 7.73. The van der Waals surface area contributed by atoms with E-state index in [-0.39, 0.29) is 6.54 Å². The first kappa shape index (κ1) is 9.34. The summed E-state index contributed by atoms with van der Waals surface area (Å²) in [5.41, 5.74) is 1.17. The molecule has 1 heterocycles. The fourth-order valence-corrected chi connectivity index (χ4v) is 1.38. The summed E-state index contributed by atoms with van der Waals surface area (Å²) < 4.78 is 5.22. The summed E-state index contributed by atoms with van der Waals surface area (Å²) >= 11 is 0. The summed E-state index contributed by atoms with van der Waals surface area (Å²) in [5.74, 6) is -0.537.